The number of rotatable bonds is 6. The molecule has 8 heteroatoms. The quantitative estimate of drug-likeness (QED) is 0.382. The molecular formula is C18H13FN2O5. The third-order valence-corrected chi connectivity index (χ3v) is 3.60. The number of fused-ring (bicyclic) bond motifs is 1. The molecule has 0 saturated heterocycles. The van der Waals surface area contributed by atoms with E-state index in [1.54, 1.807) is 18.2 Å². The van der Waals surface area contributed by atoms with E-state index in [4.69, 9.17) is 9.47 Å². The maximum atomic E-state index is 13.8. The second kappa shape index (κ2) is 7.56. The van der Waals surface area contributed by atoms with Crippen LogP contribution in [0.1, 0.15) is 5.56 Å². The first-order valence-electron chi connectivity index (χ1n) is 7.60. The van der Waals surface area contributed by atoms with E-state index in [0.717, 1.165) is 0 Å². The number of hydrogen-bond donors (Lipinski definition) is 0. The van der Waals surface area contributed by atoms with Gasteiger partial charge >= 0.3 is 11.7 Å². The van der Waals surface area contributed by atoms with Gasteiger partial charge in [0, 0.05) is 23.2 Å². The highest BCUT2D eigenvalue weighted by molar-refractivity contribution is 5.82. The molecule has 0 atom stereocenters. The summed E-state index contributed by atoms with van der Waals surface area (Å²) in [5.74, 6) is -1.15. The first kappa shape index (κ1) is 17.3. The van der Waals surface area contributed by atoms with E-state index >= 15 is 0 Å². The van der Waals surface area contributed by atoms with Gasteiger partial charge in [-0.15, -0.1) is 0 Å². The SMILES string of the molecule is O=C(COc1ccccc1[N+](=O)[O-])OCc1ccc(F)c2cccnc12. The van der Waals surface area contributed by atoms with E-state index in [1.165, 1.54) is 36.5 Å². The zero-order valence-electron chi connectivity index (χ0n) is 13.4. The van der Waals surface area contributed by atoms with Crippen LogP contribution in [0.15, 0.2) is 54.7 Å². The van der Waals surface area contributed by atoms with Gasteiger partial charge in [-0.25, -0.2) is 9.18 Å². The highest BCUT2D eigenvalue weighted by Crippen LogP contribution is 2.25. The van der Waals surface area contributed by atoms with Crippen LogP contribution in [0.3, 0.4) is 0 Å². The third-order valence-electron chi connectivity index (χ3n) is 3.60. The van der Waals surface area contributed by atoms with E-state index < -0.39 is 23.3 Å². The van der Waals surface area contributed by atoms with Crippen LogP contribution in [0, 0.1) is 15.9 Å². The number of esters is 1. The van der Waals surface area contributed by atoms with Crippen molar-refractivity contribution in [2.75, 3.05) is 6.61 Å². The van der Waals surface area contributed by atoms with Crippen LogP contribution in [-0.2, 0) is 16.1 Å². The second-order valence-electron chi connectivity index (χ2n) is 5.28. The number of aromatic nitrogens is 1. The Hall–Kier alpha value is -3.55. The molecule has 0 aliphatic rings. The average Bonchev–Trinajstić information content (AvgIpc) is 2.66. The first-order valence-corrected chi connectivity index (χ1v) is 7.60. The molecule has 132 valence electrons. The molecule has 0 N–H and O–H groups in total. The lowest BCUT2D eigenvalue weighted by Crippen LogP contribution is -2.15. The summed E-state index contributed by atoms with van der Waals surface area (Å²) in [6, 6.07) is 11.7. The zero-order valence-corrected chi connectivity index (χ0v) is 13.4. The summed E-state index contributed by atoms with van der Waals surface area (Å²) < 4.78 is 24.0. The lowest BCUT2D eigenvalue weighted by Gasteiger charge is -2.09. The molecule has 0 amide bonds. The summed E-state index contributed by atoms with van der Waals surface area (Å²) in [6.07, 6.45) is 1.52. The van der Waals surface area contributed by atoms with Crippen LogP contribution in [-0.4, -0.2) is 22.5 Å². The molecule has 3 rings (SSSR count). The summed E-state index contributed by atoms with van der Waals surface area (Å²) in [7, 11) is 0. The topological polar surface area (TPSA) is 91.6 Å². The van der Waals surface area contributed by atoms with E-state index in [1.807, 2.05) is 0 Å². The Morgan fingerprint density at radius 1 is 1.15 bits per heavy atom. The molecule has 7 nitrogen and oxygen atoms in total. The number of hydrogen-bond acceptors (Lipinski definition) is 6. The van der Waals surface area contributed by atoms with Gasteiger partial charge in [-0.2, -0.15) is 0 Å². The molecule has 0 saturated carbocycles. The fourth-order valence-electron chi connectivity index (χ4n) is 2.38. The number of benzene rings is 2. The smallest absolute Gasteiger partial charge is 0.344 e. The number of nitro benzene ring substituents is 1. The van der Waals surface area contributed by atoms with Crippen molar-refractivity contribution in [1.82, 2.24) is 4.98 Å². The molecule has 0 spiro atoms. The minimum atomic E-state index is -0.712. The van der Waals surface area contributed by atoms with Crippen molar-refractivity contribution < 1.29 is 23.6 Å². The lowest BCUT2D eigenvalue weighted by molar-refractivity contribution is -0.385. The van der Waals surface area contributed by atoms with Crippen molar-refractivity contribution >= 4 is 22.6 Å². The van der Waals surface area contributed by atoms with Crippen molar-refractivity contribution in [2.24, 2.45) is 0 Å². The van der Waals surface area contributed by atoms with Crippen molar-refractivity contribution in [2.45, 2.75) is 6.61 Å². The number of ether oxygens (including phenoxy) is 2. The zero-order chi connectivity index (χ0) is 18.5. The Labute approximate surface area is 147 Å². The largest absolute Gasteiger partial charge is 0.475 e. The van der Waals surface area contributed by atoms with Crippen molar-refractivity contribution in [3.05, 3.63) is 76.2 Å². The standard InChI is InChI=1S/C18H13FN2O5/c19-14-8-7-12(18-13(14)4-3-9-20-18)10-26-17(22)11-25-16-6-2-1-5-15(16)21(23)24/h1-9H,10-11H2. The van der Waals surface area contributed by atoms with Crippen LogP contribution < -0.4 is 4.74 Å². The van der Waals surface area contributed by atoms with E-state index in [2.05, 4.69) is 4.98 Å². The van der Waals surface area contributed by atoms with Crippen molar-refractivity contribution in [1.29, 1.82) is 0 Å². The maximum Gasteiger partial charge on any atom is 0.344 e. The minimum Gasteiger partial charge on any atom is -0.475 e. The van der Waals surface area contributed by atoms with Gasteiger partial charge in [0.15, 0.2) is 12.4 Å². The first-order chi connectivity index (χ1) is 12.6. The number of nitro groups is 1. The minimum absolute atomic E-state index is 0.0247. The average molecular weight is 356 g/mol. The van der Waals surface area contributed by atoms with Gasteiger partial charge in [-0.3, -0.25) is 15.1 Å². The summed E-state index contributed by atoms with van der Waals surface area (Å²) >= 11 is 0. The van der Waals surface area contributed by atoms with Gasteiger partial charge in [-0.1, -0.05) is 18.2 Å². The molecule has 26 heavy (non-hydrogen) atoms. The van der Waals surface area contributed by atoms with Crippen LogP contribution in [0.2, 0.25) is 0 Å². The van der Waals surface area contributed by atoms with Gasteiger partial charge < -0.3 is 9.47 Å². The van der Waals surface area contributed by atoms with Crippen molar-refractivity contribution in [3.8, 4) is 5.75 Å². The number of carbonyl (C=O) groups excluding carboxylic acids is 1. The number of pyridine rings is 1. The highest BCUT2D eigenvalue weighted by Gasteiger charge is 2.16. The lowest BCUT2D eigenvalue weighted by atomic mass is 10.1. The number of nitrogens with zero attached hydrogens (tertiary/aromatic N) is 2. The van der Waals surface area contributed by atoms with Crippen molar-refractivity contribution in [3.63, 3.8) is 0 Å². The Morgan fingerprint density at radius 3 is 2.77 bits per heavy atom. The molecular weight excluding hydrogens is 343 g/mol. The Kier molecular flexibility index (Phi) is 5.02. The van der Waals surface area contributed by atoms with E-state index in [-0.39, 0.29) is 18.0 Å². The molecule has 0 aliphatic heterocycles. The molecule has 1 aromatic heterocycles. The van der Waals surface area contributed by atoms with Crippen LogP contribution in [0.4, 0.5) is 10.1 Å². The molecule has 3 aromatic rings. The maximum absolute atomic E-state index is 13.8. The normalized spacial score (nSPS) is 10.5. The molecule has 2 aromatic carbocycles. The fourth-order valence-corrected chi connectivity index (χ4v) is 2.38. The van der Waals surface area contributed by atoms with Crippen LogP contribution in [0.5, 0.6) is 5.75 Å². The van der Waals surface area contributed by atoms with E-state index in [0.29, 0.717) is 16.5 Å². The molecule has 0 bridgehead atoms. The third kappa shape index (κ3) is 3.75. The van der Waals surface area contributed by atoms with Crippen LogP contribution >= 0.6 is 0 Å². The molecule has 1 heterocycles. The Bertz CT molecular complexity index is 977. The predicted molar refractivity (Wildman–Crippen MR) is 90.1 cm³/mol. The van der Waals surface area contributed by atoms with Gasteiger partial charge in [0.05, 0.1) is 10.4 Å². The van der Waals surface area contributed by atoms with Gasteiger partial charge in [-0.05, 0) is 24.3 Å². The number of para-hydroxylation sites is 2. The summed E-state index contributed by atoms with van der Waals surface area (Å²) in [4.78, 5) is 26.3. The second-order valence-corrected chi connectivity index (χ2v) is 5.28. The molecule has 0 fully saturated rings. The monoisotopic (exact) mass is 356 g/mol. The summed E-state index contributed by atoms with van der Waals surface area (Å²) in [5, 5.41) is 11.2. The van der Waals surface area contributed by atoms with E-state index in [9.17, 15) is 19.3 Å². The van der Waals surface area contributed by atoms with Gasteiger partial charge in [0.1, 0.15) is 12.4 Å². The van der Waals surface area contributed by atoms with Gasteiger partial charge in [0.25, 0.3) is 0 Å². The number of carbonyl (C=O) groups is 1. The summed E-state index contributed by atoms with van der Waals surface area (Å²) in [5.41, 5.74) is 0.704. The predicted octanol–water partition coefficient (Wildman–Crippen LogP) is 3.40. The fraction of sp³-hybridized carbons (Fsp3) is 0.111. The molecule has 0 aliphatic carbocycles. The van der Waals surface area contributed by atoms with Crippen LogP contribution in [0.25, 0.3) is 10.9 Å². The highest BCUT2D eigenvalue weighted by atomic mass is 19.1. The molecule has 0 radical (unpaired) electrons. The Morgan fingerprint density at radius 2 is 1.96 bits per heavy atom. The molecule has 0 unspecified atom stereocenters. The number of halogens is 1. The van der Waals surface area contributed by atoms with Gasteiger partial charge in [0.2, 0.25) is 0 Å². The summed E-state index contributed by atoms with van der Waals surface area (Å²) in [6.45, 7) is -0.607. The Balaban J connectivity index is 1.64.